The van der Waals surface area contributed by atoms with Crippen molar-refractivity contribution in [3.8, 4) is 11.0 Å². The number of rotatable bonds is 4. The molecule has 0 fully saturated rings. The van der Waals surface area contributed by atoms with Gasteiger partial charge in [-0.3, -0.25) is 0 Å². The van der Waals surface area contributed by atoms with Crippen LogP contribution in [0.3, 0.4) is 0 Å². The third-order valence-electron chi connectivity index (χ3n) is 2.35. The number of tetrazole rings is 1. The molecule has 20 heavy (non-hydrogen) atoms. The number of nitrogens with zero attached hydrogens (tertiary/aromatic N) is 6. The van der Waals surface area contributed by atoms with Gasteiger partial charge in [-0.15, -0.1) is 4.68 Å². The van der Waals surface area contributed by atoms with Crippen LogP contribution in [0.4, 0.5) is 4.39 Å². The predicted octanol–water partition coefficient (Wildman–Crippen LogP) is 0.129. The van der Waals surface area contributed by atoms with E-state index in [9.17, 15) is 9.18 Å². The third-order valence-corrected chi connectivity index (χ3v) is 2.98. The first-order valence-electron chi connectivity index (χ1n) is 5.74. The highest BCUT2D eigenvalue weighted by Gasteiger charge is 2.22. The molecule has 3 aromatic heterocycles. The molecule has 0 aliphatic rings. The van der Waals surface area contributed by atoms with Gasteiger partial charge in [0.15, 0.2) is 0 Å². The lowest BCUT2D eigenvalue weighted by molar-refractivity contribution is 0.256. The molecule has 3 aromatic rings. The van der Waals surface area contributed by atoms with Gasteiger partial charge < -0.3 is 9.26 Å². The molecule has 0 aliphatic carbocycles. The molecule has 9 nitrogen and oxygen atoms in total. The van der Waals surface area contributed by atoms with E-state index in [1.807, 2.05) is 0 Å². The highest BCUT2D eigenvalue weighted by molar-refractivity contribution is 7.11. The van der Waals surface area contributed by atoms with Crippen LogP contribution in [0.2, 0.25) is 0 Å². The molecule has 0 unspecified atom stereocenters. The minimum Gasteiger partial charge on any atom is -0.465 e. The zero-order valence-corrected chi connectivity index (χ0v) is 10.8. The second-order valence-electron chi connectivity index (χ2n) is 3.59. The first-order valence-corrected chi connectivity index (χ1v) is 6.12. The summed E-state index contributed by atoms with van der Waals surface area (Å²) in [5, 5.41) is 12.1. The summed E-state index contributed by atoms with van der Waals surface area (Å²) in [5.74, 6) is -0.145. The molecule has 3 rings (SSSR count). The summed E-state index contributed by atoms with van der Waals surface area (Å²) in [6.45, 7) is -0.277. The third kappa shape index (κ3) is 2.07. The molecule has 0 spiro atoms. The summed E-state index contributed by atoms with van der Waals surface area (Å²) in [5.41, 5.74) is -0.702. The van der Waals surface area contributed by atoms with Crippen LogP contribution >= 0.6 is 11.3 Å². The van der Waals surface area contributed by atoms with E-state index in [2.05, 4.69) is 25.1 Å². The fourth-order valence-electron chi connectivity index (χ4n) is 1.40. The van der Waals surface area contributed by atoms with Gasteiger partial charge in [0.2, 0.25) is 5.82 Å². The van der Waals surface area contributed by atoms with Gasteiger partial charge in [0.25, 0.3) is 5.19 Å². The van der Waals surface area contributed by atoms with E-state index >= 15 is 0 Å². The van der Waals surface area contributed by atoms with Crippen molar-refractivity contribution < 1.29 is 15.0 Å². The Morgan fingerprint density at radius 2 is 2.45 bits per heavy atom. The van der Waals surface area contributed by atoms with Crippen molar-refractivity contribution in [2.45, 2.75) is 6.61 Å². The van der Waals surface area contributed by atoms with Crippen LogP contribution in [0.25, 0.3) is 5.82 Å². The fourth-order valence-corrected chi connectivity index (χ4v) is 1.84. The molecule has 0 atom stereocenters. The Kier molecular flexibility index (Phi) is 2.73. The molecule has 3 heterocycles. The molecule has 11 heteroatoms. The molecule has 0 aliphatic heterocycles. The molecule has 104 valence electrons. The van der Waals surface area contributed by atoms with E-state index in [1.165, 1.54) is 12.4 Å². The highest BCUT2D eigenvalue weighted by atomic mass is 32.1. The number of hydrogen-bond donors (Lipinski definition) is 0. The Morgan fingerprint density at radius 3 is 3.10 bits per heavy atom. The molecule has 0 N–H and O–H groups in total. The lowest BCUT2D eigenvalue weighted by atomic mass is 10.3. The number of thiazole rings is 1. The van der Waals surface area contributed by atoms with Crippen molar-refractivity contribution in [1.29, 1.82) is 0 Å². The largest absolute Gasteiger partial charge is 0.465 e. The van der Waals surface area contributed by atoms with E-state index in [-0.39, 0.29) is 29.4 Å². The SMILES string of the molecule is [3H]c1csc(OCc2c(-n3nnn(C)c3=O)noc2F)n1. The van der Waals surface area contributed by atoms with Crippen LogP contribution in [0, 0.1) is 6.01 Å². The van der Waals surface area contributed by atoms with Crippen LogP contribution in [-0.4, -0.2) is 29.9 Å². The normalized spacial score (nSPS) is 11.6. The van der Waals surface area contributed by atoms with Gasteiger partial charge in [-0.1, -0.05) is 16.5 Å². The maximum Gasteiger partial charge on any atom is 0.369 e. The van der Waals surface area contributed by atoms with E-state index in [0.717, 1.165) is 20.7 Å². The van der Waals surface area contributed by atoms with Gasteiger partial charge >= 0.3 is 11.7 Å². The summed E-state index contributed by atoms with van der Waals surface area (Å²) in [6.07, 6.45) is 0.0474. The quantitative estimate of drug-likeness (QED) is 0.675. The lowest BCUT2D eigenvalue weighted by Gasteiger charge is -2.00. The Bertz CT molecular complexity index is 839. The average Bonchev–Trinajstić information content (AvgIpc) is 3.11. The molecular weight excluding hydrogens is 291 g/mol. The topological polar surface area (TPSA) is 101 Å². The number of hydrogen-bond acceptors (Lipinski definition) is 8. The number of ether oxygens (including phenoxy) is 1. The van der Waals surface area contributed by atoms with Crippen LogP contribution in [0.5, 0.6) is 5.19 Å². The molecule has 0 amide bonds. The van der Waals surface area contributed by atoms with Gasteiger partial charge in [0.05, 0.1) is 1.37 Å². The average molecular weight is 300 g/mol. The van der Waals surface area contributed by atoms with Crippen molar-refractivity contribution >= 4 is 11.3 Å². The first kappa shape index (κ1) is 11.3. The van der Waals surface area contributed by atoms with Crippen LogP contribution in [0.15, 0.2) is 20.9 Å². The molecular formula is C9H7FN6O3S. The molecule has 0 saturated heterocycles. The summed E-state index contributed by atoms with van der Waals surface area (Å²) in [7, 11) is 1.39. The second-order valence-corrected chi connectivity index (χ2v) is 4.41. The van der Waals surface area contributed by atoms with E-state index in [4.69, 9.17) is 6.11 Å². The number of halogens is 1. The van der Waals surface area contributed by atoms with Crippen LogP contribution in [0.1, 0.15) is 6.93 Å². The van der Waals surface area contributed by atoms with Crippen molar-refractivity contribution in [3.63, 3.8) is 0 Å². The zero-order chi connectivity index (χ0) is 15.0. The molecule has 0 aromatic carbocycles. The first-order chi connectivity index (χ1) is 10.1. The number of aromatic nitrogens is 6. The van der Waals surface area contributed by atoms with Crippen LogP contribution in [-0.2, 0) is 13.7 Å². The lowest BCUT2D eigenvalue weighted by Crippen LogP contribution is -2.23. The van der Waals surface area contributed by atoms with E-state index in [0.29, 0.717) is 0 Å². The minimum atomic E-state index is -0.995. The number of aryl methyl sites for hydroxylation is 1. The van der Waals surface area contributed by atoms with Crippen molar-refractivity contribution in [3.05, 3.63) is 33.6 Å². The van der Waals surface area contributed by atoms with Crippen molar-refractivity contribution in [2.75, 3.05) is 0 Å². The van der Waals surface area contributed by atoms with E-state index in [1.54, 1.807) is 0 Å². The Labute approximate surface area is 115 Å². The van der Waals surface area contributed by atoms with Crippen molar-refractivity contribution in [1.82, 2.24) is 29.9 Å². The summed E-state index contributed by atoms with van der Waals surface area (Å²) in [6, 6.07) is -0.995. The summed E-state index contributed by atoms with van der Waals surface area (Å²) in [4.78, 5) is 15.5. The zero-order valence-electron chi connectivity index (χ0n) is 11.0. The van der Waals surface area contributed by atoms with E-state index < -0.39 is 11.7 Å². The van der Waals surface area contributed by atoms with Gasteiger partial charge in [0, 0.05) is 18.6 Å². The smallest absolute Gasteiger partial charge is 0.369 e. The standard InChI is InChI=1S/C9H7FN6O3S/c1-15-9(17)16(14-13-15)7-5(6(10)19-12-7)4-18-8-11-2-3-20-8/h2-3H,4H2,1H3/i2T. The van der Waals surface area contributed by atoms with Gasteiger partial charge in [-0.05, 0) is 10.4 Å². The fraction of sp³-hybridized carbons (Fsp3) is 0.222. The molecule has 0 radical (unpaired) electrons. The van der Waals surface area contributed by atoms with Crippen LogP contribution < -0.4 is 10.4 Å². The Balaban J connectivity index is 1.90. The van der Waals surface area contributed by atoms with Crippen molar-refractivity contribution in [2.24, 2.45) is 7.05 Å². The second kappa shape index (κ2) is 4.85. The van der Waals surface area contributed by atoms with Gasteiger partial charge in [-0.2, -0.15) is 9.07 Å². The Morgan fingerprint density at radius 1 is 1.60 bits per heavy atom. The summed E-state index contributed by atoms with van der Waals surface area (Å²) < 4.78 is 32.3. The maximum atomic E-state index is 13.6. The molecule has 0 bridgehead atoms. The maximum absolute atomic E-state index is 13.6. The molecule has 0 saturated carbocycles. The predicted molar refractivity (Wildman–Crippen MR) is 63.1 cm³/mol. The Hall–Kier alpha value is -2.56. The summed E-state index contributed by atoms with van der Waals surface area (Å²) >= 11 is 1.09. The highest BCUT2D eigenvalue weighted by Crippen LogP contribution is 2.20. The monoisotopic (exact) mass is 300 g/mol. The minimum absolute atomic E-state index is 0.0474. The van der Waals surface area contributed by atoms with Gasteiger partial charge in [0.1, 0.15) is 12.2 Å². The van der Waals surface area contributed by atoms with Gasteiger partial charge in [-0.25, -0.2) is 9.78 Å².